The molecule has 0 fully saturated rings. The van der Waals surface area contributed by atoms with E-state index >= 15 is 0 Å². The highest BCUT2D eigenvalue weighted by Gasteiger charge is 2.10. The van der Waals surface area contributed by atoms with Crippen LogP contribution in [0.15, 0.2) is 52.4 Å². The lowest BCUT2D eigenvalue weighted by atomic mass is 10.1. The van der Waals surface area contributed by atoms with Crippen LogP contribution in [0.3, 0.4) is 0 Å². The molecular formula is C20H22N2O2S2. The quantitative estimate of drug-likeness (QED) is 0.589. The van der Waals surface area contributed by atoms with Crippen LogP contribution >= 0.6 is 23.1 Å². The molecule has 4 nitrogen and oxygen atoms in total. The van der Waals surface area contributed by atoms with Crippen molar-refractivity contribution in [2.45, 2.75) is 25.2 Å². The maximum atomic E-state index is 12.4. The molecule has 0 N–H and O–H groups in total. The number of fused-ring (bicyclic) bond motifs is 1. The molecule has 26 heavy (non-hydrogen) atoms. The second-order valence-electron chi connectivity index (χ2n) is 5.74. The van der Waals surface area contributed by atoms with Crippen LogP contribution in [-0.2, 0) is 18.3 Å². The highest BCUT2D eigenvalue weighted by Crippen LogP contribution is 2.26. The molecule has 6 heteroatoms. The van der Waals surface area contributed by atoms with Crippen LogP contribution in [0.25, 0.3) is 10.2 Å². The van der Waals surface area contributed by atoms with Crippen molar-refractivity contribution < 1.29 is 9.53 Å². The Morgan fingerprint density at radius 1 is 1.19 bits per heavy atom. The minimum atomic E-state index is -0.138. The van der Waals surface area contributed by atoms with Gasteiger partial charge in [-0.25, -0.2) is 0 Å². The van der Waals surface area contributed by atoms with Crippen LogP contribution in [0.1, 0.15) is 19.4 Å². The highest BCUT2D eigenvalue weighted by molar-refractivity contribution is 7.99. The first-order valence-electron chi connectivity index (χ1n) is 8.63. The molecule has 0 aliphatic rings. The molecule has 3 rings (SSSR count). The number of ether oxygens (including phenoxy) is 1. The maximum Gasteiger partial charge on any atom is 0.252 e. The molecule has 2 aromatic carbocycles. The van der Waals surface area contributed by atoms with E-state index in [2.05, 4.69) is 24.0 Å². The largest absolute Gasteiger partial charge is 0.492 e. The summed E-state index contributed by atoms with van der Waals surface area (Å²) in [5.41, 5.74) is 1.96. The number of aryl methyl sites for hydroxylation is 1. The van der Waals surface area contributed by atoms with E-state index in [1.54, 1.807) is 11.8 Å². The average molecular weight is 387 g/mol. The molecule has 0 aliphatic heterocycles. The topological polar surface area (TPSA) is 43.6 Å². The Kier molecular flexibility index (Phi) is 6.16. The molecule has 0 aliphatic carbocycles. The van der Waals surface area contributed by atoms with Gasteiger partial charge in [-0.3, -0.25) is 4.79 Å². The normalized spacial score (nSPS) is 11.9. The minimum Gasteiger partial charge on any atom is -0.492 e. The Hall–Kier alpha value is -2.05. The zero-order valence-electron chi connectivity index (χ0n) is 15.2. The van der Waals surface area contributed by atoms with E-state index in [4.69, 9.17) is 4.74 Å². The molecule has 0 bridgehead atoms. The zero-order valence-corrected chi connectivity index (χ0v) is 16.8. The van der Waals surface area contributed by atoms with Gasteiger partial charge in [0, 0.05) is 11.9 Å². The third-order valence-electron chi connectivity index (χ3n) is 3.90. The molecule has 0 unspecified atom stereocenters. The van der Waals surface area contributed by atoms with E-state index < -0.39 is 0 Å². The molecule has 0 saturated heterocycles. The Labute approximate surface area is 161 Å². The summed E-state index contributed by atoms with van der Waals surface area (Å²) in [7, 11) is 1.92. The Morgan fingerprint density at radius 3 is 2.65 bits per heavy atom. The van der Waals surface area contributed by atoms with Crippen molar-refractivity contribution in [2.75, 3.05) is 12.4 Å². The van der Waals surface area contributed by atoms with E-state index in [1.807, 2.05) is 48.9 Å². The predicted octanol–water partition coefficient (Wildman–Crippen LogP) is 4.42. The second kappa shape index (κ2) is 8.56. The standard InChI is InChI=1S/C20H22N2O2S2/c1-4-24-16-7-6-8-17-19(16)22(3)20(26-17)21-18(23)13-14-9-11-15(12-10-14)25-5-2/h6-12H,4-5,13H2,1-3H3. The number of benzene rings is 2. The fourth-order valence-electron chi connectivity index (χ4n) is 2.74. The number of thiazole rings is 1. The van der Waals surface area contributed by atoms with Crippen molar-refractivity contribution in [3.63, 3.8) is 0 Å². The van der Waals surface area contributed by atoms with Gasteiger partial charge in [0.25, 0.3) is 5.91 Å². The number of aromatic nitrogens is 1. The van der Waals surface area contributed by atoms with Gasteiger partial charge in [-0.2, -0.15) is 4.99 Å². The number of hydrogen-bond donors (Lipinski definition) is 0. The van der Waals surface area contributed by atoms with Crippen LogP contribution in [0, 0.1) is 0 Å². The molecule has 0 spiro atoms. The second-order valence-corrected chi connectivity index (χ2v) is 8.09. The first kappa shape index (κ1) is 18.7. The van der Waals surface area contributed by atoms with Gasteiger partial charge in [0.15, 0.2) is 4.80 Å². The van der Waals surface area contributed by atoms with Crippen molar-refractivity contribution in [1.29, 1.82) is 0 Å². The summed E-state index contributed by atoms with van der Waals surface area (Å²) in [4.78, 5) is 18.7. The number of rotatable bonds is 6. The van der Waals surface area contributed by atoms with E-state index in [9.17, 15) is 4.79 Å². The lowest BCUT2D eigenvalue weighted by molar-refractivity contribution is -0.117. The van der Waals surface area contributed by atoms with E-state index in [-0.39, 0.29) is 5.91 Å². The van der Waals surface area contributed by atoms with Gasteiger partial charge in [-0.15, -0.1) is 11.8 Å². The van der Waals surface area contributed by atoms with Crippen molar-refractivity contribution in [3.8, 4) is 5.75 Å². The van der Waals surface area contributed by atoms with E-state index in [1.165, 1.54) is 16.2 Å². The zero-order chi connectivity index (χ0) is 18.5. The van der Waals surface area contributed by atoms with Crippen LogP contribution in [0.4, 0.5) is 0 Å². The molecule has 3 aromatic rings. The van der Waals surface area contributed by atoms with Crippen LogP contribution < -0.4 is 9.54 Å². The summed E-state index contributed by atoms with van der Waals surface area (Å²) in [6.45, 7) is 4.69. The molecule has 0 atom stereocenters. The first-order valence-corrected chi connectivity index (χ1v) is 10.4. The maximum absolute atomic E-state index is 12.4. The molecule has 1 amide bonds. The SMILES string of the molecule is CCOc1cccc2sc(=NC(=O)Cc3ccc(SCC)cc3)n(C)c12. The number of amides is 1. The number of para-hydroxylation sites is 1. The van der Waals surface area contributed by atoms with Gasteiger partial charge >= 0.3 is 0 Å². The summed E-state index contributed by atoms with van der Waals surface area (Å²) in [5.74, 6) is 1.72. The smallest absolute Gasteiger partial charge is 0.252 e. The number of carbonyl (C=O) groups is 1. The average Bonchev–Trinajstić information content (AvgIpc) is 2.94. The third-order valence-corrected chi connectivity index (χ3v) is 5.89. The van der Waals surface area contributed by atoms with Crippen molar-refractivity contribution in [2.24, 2.45) is 12.0 Å². The fourth-order valence-corrected chi connectivity index (χ4v) is 4.45. The van der Waals surface area contributed by atoms with Gasteiger partial charge in [-0.05, 0) is 42.5 Å². The summed E-state index contributed by atoms with van der Waals surface area (Å²) < 4.78 is 8.70. The molecule has 0 saturated carbocycles. The fraction of sp³-hybridized carbons (Fsp3) is 0.300. The summed E-state index contributed by atoms with van der Waals surface area (Å²) in [6, 6.07) is 14.1. The predicted molar refractivity (Wildman–Crippen MR) is 109 cm³/mol. The van der Waals surface area contributed by atoms with Crippen LogP contribution in [-0.4, -0.2) is 22.8 Å². The molecule has 136 valence electrons. The lowest BCUT2D eigenvalue weighted by Crippen LogP contribution is -2.14. The van der Waals surface area contributed by atoms with E-state index in [0.29, 0.717) is 17.8 Å². The minimum absolute atomic E-state index is 0.138. The molecule has 1 heterocycles. The highest BCUT2D eigenvalue weighted by atomic mass is 32.2. The van der Waals surface area contributed by atoms with Gasteiger partial charge in [0.1, 0.15) is 11.3 Å². The summed E-state index contributed by atoms with van der Waals surface area (Å²) >= 11 is 3.30. The Bertz CT molecular complexity index is 972. The molecule has 1 aromatic heterocycles. The van der Waals surface area contributed by atoms with Crippen molar-refractivity contribution >= 4 is 39.2 Å². The number of hydrogen-bond acceptors (Lipinski definition) is 4. The number of nitrogens with zero attached hydrogens (tertiary/aromatic N) is 2. The summed E-state index contributed by atoms with van der Waals surface area (Å²) in [6.07, 6.45) is 0.309. The third kappa shape index (κ3) is 4.19. The van der Waals surface area contributed by atoms with Gasteiger partial charge in [0.05, 0.1) is 17.7 Å². The number of carbonyl (C=O) groups excluding carboxylic acids is 1. The van der Waals surface area contributed by atoms with E-state index in [0.717, 1.165) is 27.3 Å². The van der Waals surface area contributed by atoms with Gasteiger partial charge in [0.2, 0.25) is 0 Å². The summed E-state index contributed by atoms with van der Waals surface area (Å²) in [5, 5.41) is 0. The monoisotopic (exact) mass is 386 g/mol. The van der Waals surface area contributed by atoms with Crippen LogP contribution in [0.2, 0.25) is 0 Å². The van der Waals surface area contributed by atoms with Crippen LogP contribution in [0.5, 0.6) is 5.75 Å². The molecule has 0 radical (unpaired) electrons. The molecular weight excluding hydrogens is 364 g/mol. The number of thioether (sulfide) groups is 1. The Morgan fingerprint density at radius 2 is 1.96 bits per heavy atom. The Balaban J connectivity index is 1.86. The first-order chi connectivity index (χ1) is 12.6. The van der Waals surface area contributed by atoms with Crippen molar-refractivity contribution in [1.82, 2.24) is 4.57 Å². The van der Waals surface area contributed by atoms with Gasteiger partial charge in [-0.1, -0.05) is 36.5 Å². The van der Waals surface area contributed by atoms with Crippen molar-refractivity contribution in [3.05, 3.63) is 52.8 Å². The lowest BCUT2D eigenvalue weighted by Gasteiger charge is -2.05. The van der Waals surface area contributed by atoms with Gasteiger partial charge < -0.3 is 9.30 Å².